The van der Waals surface area contributed by atoms with Gasteiger partial charge in [0, 0.05) is 18.0 Å². The van der Waals surface area contributed by atoms with Crippen molar-refractivity contribution in [2.75, 3.05) is 0 Å². The number of aromatic nitrogens is 3. The summed E-state index contributed by atoms with van der Waals surface area (Å²) in [5.41, 5.74) is 2.19. The molecule has 0 radical (unpaired) electrons. The third kappa shape index (κ3) is 1.11. The molecule has 0 N–H and O–H groups in total. The quantitative estimate of drug-likeness (QED) is 0.696. The summed E-state index contributed by atoms with van der Waals surface area (Å²) in [5.74, 6) is 0.658. The van der Waals surface area contributed by atoms with Crippen molar-refractivity contribution < 1.29 is 0 Å². The third-order valence-electron chi connectivity index (χ3n) is 2.37. The first-order valence-electron chi connectivity index (χ1n) is 4.34. The van der Waals surface area contributed by atoms with Crippen LogP contribution >= 0.6 is 11.6 Å². The van der Waals surface area contributed by atoms with E-state index in [4.69, 9.17) is 11.6 Å². The molecule has 13 heavy (non-hydrogen) atoms. The maximum absolute atomic E-state index is 5.89. The van der Waals surface area contributed by atoms with Crippen LogP contribution in [-0.2, 0) is 0 Å². The van der Waals surface area contributed by atoms with Crippen molar-refractivity contribution in [1.29, 1.82) is 0 Å². The smallest absolute Gasteiger partial charge is 0.157 e. The lowest BCUT2D eigenvalue weighted by Crippen LogP contribution is -1.95. The van der Waals surface area contributed by atoms with Gasteiger partial charge in [-0.15, -0.1) is 0 Å². The lowest BCUT2D eigenvalue weighted by Gasteiger charge is -2.00. The van der Waals surface area contributed by atoms with Crippen LogP contribution in [0.4, 0.5) is 0 Å². The van der Waals surface area contributed by atoms with Crippen molar-refractivity contribution in [2.45, 2.75) is 18.8 Å². The molecule has 1 saturated carbocycles. The van der Waals surface area contributed by atoms with Crippen molar-refractivity contribution in [3.8, 4) is 0 Å². The highest BCUT2D eigenvalue weighted by Gasteiger charge is 2.26. The average Bonchev–Trinajstić information content (AvgIpc) is 2.84. The molecule has 0 atom stereocenters. The van der Waals surface area contributed by atoms with Gasteiger partial charge in [-0.25, -0.2) is 9.50 Å². The van der Waals surface area contributed by atoms with Crippen LogP contribution in [0.5, 0.6) is 0 Å². The molecule has 0 spiro atoms. The Labute approximate surface area is 80.3 Å². The molecule has 2 aromatic heterocycles. The number of hydrogen-bond acceptors (Lipinski definition) is 2. The molecule has 0 unspecified atom stereocenters. The second-order valence-corrected chi connectivity index (χ2v) is 3.78. The van der Waals surface area contributed by atoms with Crippen molar-refractivity contribution in [3.05, 3.63) is 29.2 Å². The minimum Gasteiger partial charge on any atom is -0.235 e. The van der Waals surface area contributed by atoms with Gasteiger partial charge in [-0.2, -0.15) is 5.10 Å². The van der Waals surface area contributed by atoms with E-state index in [1.54, 1.807) is 10.7 Å². The summed E-state index contributed by atoms with van der Waals surface area (Å²) in [6.45, 7) is 0. The molecule has 2 aromatic rings. The van der Waals surface area contributed by atoms with Crippen molar-refractivity contribution in [1.82, 2.24) is 14.6 Å². The lowest BCUT2D eigenvalue weighted by molar-refractivity contribution is 0.913. The maximum Gasteiger partial charge on any atom is 0.157 e. The molecule has 3 rings (SSSR count). The molecule has 0 amide bonds. The van der Waals surface area contributed by atoms with Crippen LogP contribution in [0.1, 0.15) is 24.3 Å². The van der Waals surface area contributed by atoms with E-state index >= 15 is 0 Å². The normalized spacial score (nSPS) is 16.7. The zero-order chi connectivity index (χ0) is 8.84. The number of hydrogen-bond donors (Lipinski definition) is 0. The Bertz CT molecular complexity index is 459. The summed E-state index contributed by atoms with van der Waals surface area (Å²) in [6, 6.07) is 1.93. The maximum atomic E-state index is 5.89. The molecule has 2 heterocycles. The molecule has 66 valence electrons. The third-order valence-corrected chi connectivity index (χ3v) is 2.56. The second-order valence-electron chi connectivity index (χ2n) is 3.39. The standard InChI is InChI=1S/C9H8ClN3/c10-8-5-7(6-1-2-6)9-11-3-4-13(9)12-8/h3-6H,1-2H2. The van der Waals surface area contributed by atoms with E-state index in [9.17, 15) is 0 Å². The van der Waals surface area contributed by atoms with Gasteiger partial charge in [-0.3, -0.25) is 0 Å². The molecule has 0 bridgehead atoms. The zero-order valence-corrected chi connectivity index (χ0v) is 7.70. The fourth-order valence-electron chi connectivity index (χ4n) is 1.60. The number of halogens is 1. The summed E-state index contributed by atoms with van der Waals surface area (Å²) >= 11 is 5.89. The number of nitrogens with zero attached hydrogens (tertiary/aromatic N) is 3. The summed E-state index contributed by atoms with van der Waals surface area (Å²) < 4.78 is 1.75. The van der Waals surface area contributed by atoms with E-state index in [0.29, 0.717) is 11.1 Å². The molecular weight excluding hydrogens is 186 g/mol. The fourth-order valence-corrected chi connectivity index (χ4v) is 1.80. The van der Waals surface area contributed by atoms with E-state index in [0.717, 1.165) is 5.65 Å². The van der Waals surface area contributed by atoms with Crippen molar-refractivity contribution in [2.24, 2.45) is 0 Å². The van der Waals surface area contributed by atoms with Crippen LogP contribution in [-0.4, -0.2) is 14.6 Å². The van der Waals surface area contributed by atoms with E-state index < -0.39 is 0 Å². The summed E-state index contributed by atoms with van der Waals surface area (Å²) in [5, 5.41) is 4.67. The second kappa shape index (κ2) is 2.45. The first-order valence-corrected chi connectivity index (χ1v) is 4.72. The van der Waals surface area contributed by atoms with Gasteiger partial charge in [-0.1, -0.05) is 11.6 Å². The van der Waals surface area contributed by atoms with Crippen LogP contribution < -0.4 is 0 Å². The molecule has 0 saturated heterocycles. The van der Waals surface area contributed by atoms with E-state index in [2.05, 4.69) is 10.1 Å². The number of imidazole rings is 1. The van der Waals surface area contributed by atoms with Gasteiger partial charge in [0.1, 0.15) is 5.15 Å². The Morgan fingerprint density at radius 3 is 3.08 bits per heavy atom. The van der Waals surface area contributed by atoms with Crippen molar-refractivity contribution >= 4 is 17.2 Å². The van der Waals surface area contributed by atoms with Crippen LogP contribution in [0.25, 0.3) is 5.65 Å². The first-order chi connectivity index (χ1) is 6.34. The van der Waals surface area contributed by atoms with Crippen molar-refractivity contribution in [3.63, 3.8) is 0 Å². The SMILES string of the molecule is Clc1cc(C2CC2)c2nccn2n1. The minimum absolute atomic E-state index is 0.549. The molecule has 1 fully saturated rings. The topological polar surface area (TPSA) is 30.2 Å². The Morgan fingerprint density at radius 2 is 2.31 bits per heavy atom. The molecule has 1 aliphatic carbocycles. The number of fused-ring (bicyclic) bond motifs is 1. The van der Waals surface area contributed by atoms with Gasteiger partial charge in [0.15, 0.2) is 5.65 Å². The van der Waals surface area contributed by atoms with Gasteiger partial charge in [0.2, 0.25) is 0 Å². The average molecular weight is 194 g/mol. The highest BCUT2D eigenvalue weighted by Crippen LogP contribution is 2.41. The van der Waals surface area contributed by atoms with Gasteiger partial charge >= 0.3 is 0 Å². The van der Waals surface area contributed by atoms with E-state index in [1.807, 2.05) is 12.3 Å². The van der Waals surface area contributed by atoms with Gasteiger partial charge < -0.3 is 0 Å². The molecule has 0 aromatic carbocycles. The predicted molar refractivity (Wildman–Crippen MR) is 50.0 cm³/mol. The Balaban J connectivity index is 2.33. The summed E-state index contributed by atoms with van der Waals surface area (Å²) in [7, 11) is 0. The minimum atomic E-state index is 0.549. The van der Waals surface area contributed by atoms with Crippen LogP contribution in [0, 0.1) is 0 Å². The summed E-state index contributed by atoms with van der Waals surface area (Å²) in [6.07, 6.45) is 6.09. The molecule has 4 heteroatoms. The first kappa shape index (κ1) is 7.33. The highest BCUT2D eigenvalue weighted by atomic mass is 35.5. The van der Waals surface area contributed by atoms with Gasteiger partial charge in [0.25, 0.3) is 0 Å². The van der Waals surface area contributed by atoms with Gasteiger partial charge in [-0.05, 0) is 24.8 Å². The Hall–Kier alpha value is -1.09. The fraction of sp³-hybridized carbons (Fsp3) is 0.333. The number of rotatable bonds is 1. The molecule has 1 aliphatic rings. The largest absolute Gasteiger partial charge is 0.235 e. The Kier molecular flexibility index (Phi) is 1.38. The highest BCUT2D eigenvalue weighted by molar-refractivity contribution is 6.29. The molecular formula is C9H8ClN3. The predicted octanol–water partition coefficient (Wildman–Crippen LogP) is 2.26. The van der Waals surface area contributed by atoms with Gasteiger partial charge in [0.05, 0.1) is 0 Å². The molecule has 3 nitrogen and oxygen atoms in total. The molecule has 0 aliphatic heterocycles. The monoisotopic (exact) mass is 193 g/mol. The summed E-state index contributed by atoms with van der Waals surface area (Å²) in [4.78, 5) is 4.26. The van der Waals surface area contributed by atoms with Crippen LogP contribution in [0.2, 0.25) is 5.15 Å². The lowest BCUT2D eigenvalue weighted by atomic mass is 10.2. The van der Waals surface area contributed by atoms with E-state index in [1.165, 1.54) is 18.4 Å². The Morgan fingerprint density at radius 1 is 1.46 bits per heavy atom. The van der Waals surface area contributed by atoms with E-state index in [-0.39, 0.29) is 0 Å². The zero-order valence-electron chi connectivity index (χ0n) is 6.94. The van der Waals surface area contributed by atoms with Crippen LogP contribution in [0.15, 0.2) is 18.5 Å². The van der Waals surface area contributed by atoms with Crippen LogP contribution in [0.3, 0.4) is 0 Å².